The van der Waals surface area contributed by atoms with E-state index in [4.69, 9.17) is 4.99 Å². The molecule has 1 fully saturated rings. The van der Waals surface area contributed by atoms with Gasteiger partial charge < -0.3 is 10.6 Å². The zero-order valence-corrected chi connectivity index (χ0v) is 19.0. The molecule has 2 N–H and O–H groups in total. The van der Waals surface area contributed by atoms with Crippen LogP contribution in [0.4, 0.5) is 0 Å². The Kier molecular flexibility index (Phi) is 8.70. The van der Waals surface area contributed by atoms with Crippen molar-refractivity contribution in [2.45, 2.75) is 30.7 Å². The molecular formula is C22H32N4OS2. The van der Waals surface area contributed by atoms with E-state index in [1.807, 2.05) is 41.7 Å². The molecule has 1 aromatic heterocycles. The van der Waals surface area contributed by atoms with Gasteiger partial charge >= 0.3 is 0 Å². The summed E-state index contributed by atoms with van der Waals surface area (Å²) >= 11 is 1.84. The van der Waals surface area contributed by atoms with Crippen molar-refractivity contribution < 1.29 is 4.21 Å². The lowest BCUT2D eigenvalue weighted by atomic mass is 9.88. The van der Waals surface area contributed by atoms with Crippen molar-refractivity contribution in [3.05, 3.63) is 52.7 Å². The first kappa shape index (κ1) is 22.0. The molecule has 5 nitrogen and oxygen atoms in total. The van der Waals surface area contributed by atoms with Gasteiger partial charge in [0.25, 0.3) is 0 Å². The Morgan fingerprint density at radius 3 is 2.79 bits per heavy atom. The molecule has 3 unspecified atom stereocenters. The van der Waals surface area contributed by atoms with Crippen LogP contribution in [0.3, 0.4) is 0 Å². The van der Waals surface area contributed by atoms with Crippen LogP contribution in [0.2, 0.25) is 0 Å². The van der Waals surface area contributed by atoms with E-state index >= 15 is 0 Å². The van der Waals surface area contributed by atoms with Crippen molar-refractivity contribution in [3.8, 4) is 0 Å². The molecule has 0 amide bonds. The van der Waals surface area contributed by atoms with Gasteiger partial charge in [0.05, 0.1) is 10.8 Å². The molecule has 3 atom stereocenters. The molecule has 1 aliphatic rings. The van der Waals surface area contributed by atoms with Gasteiger partial charge in [0, 0.05) is 41.2 Å². The third-order valence-electron chi connectivity index (χ3n) is 5.26. The van der Waals surface area contributed by atoms with E-state index in [0.29, 0.717) is 24.3 Å². The summed E-state index contributed by atoms with van der Waals surface area (Å²) in [4.78, 5) is 9.65. The second-order valence-electron chi connectivity index (χ2n) is 7.35. The highest BCUT2D eigenvalue weighted by Crippen LogP contribution is 2.37. The van der Waals surface area contributed by atoms with Crippen molar-refractivity contribution >= 4 is 28.1 Å². The number of thiophene rings is 1. The highest BCUT2D eigenvalue weighted by Gasteiger charge is 2.31. The average molecular weight is 433 g/mol. The molecule has 29 heavy (non-hydrogen) atoms. The Morgan fingerprint density at radius 1 is 1.24 bits per heavy atom. The highest BCUT2D eigenvalue weighted by molar-refractivity contribution is 7.85. The minimum absolute atomic E-state index is 0.445. The van der Waals surface area contributed by atoms with Crippen LogP contribution in [0.5, 0.6) is 0 Å². The summed E-state index contributed by atoms with van der Waals surface area (Å²) in [5.74, 6) is 1.90. The molecule has 0 radical (unpaired) electrons. The van der Waals surface area contributed by atoms with Gasteiger partial charge in [-0.05, 0) is 62.9 Å². The largest absolute Gasteiger partial charge is 0.357 e. The lowest BCUT2D eigenvalue weighted by molar-refractivity contribution is 0.128. The maximum atomic E-state index is 12.4. The van der Waals surface area contributed by atoms with Crippen LogP contribution in [-0.4, -0.2) is 54.0 Å². The van der Waals surface area contributed by atoms with Crippen LogP contribution in [-0.2, 0) is 10.8 Å². The topological polar surface area (TPSA) is 56.7 Å². The van der Waals surface area contributed by atoms with Crippen molar-refractivity contribution in [2.75, 3.05) is 39.0 Å². The van der Waals surface area contributed by atoms with E-state index in [-0.39, 0.29) is 0 Å². The molecular weight excluding hydrogens is 400 g/mol. The van der Waals surface area contributed by atoms with Crippen LogP contribution in [0, 0.1) is 5.92 Å². The van der Waals surface area contributed by atoms with Crippen LogP contribution >= 0.6 is 11.3 Å². The van der Waals surface area contributed by atoms with E-state index < -0.39 is 10.8 Å². The first-order valence-electron chi connectivity index (χ1n) is 10.4. The number of hydrogen-bond acceptors (Lipinski definition) is 4. The minimum Gasteiger partial charge on any atom is -0.357 e. The molecule has 1 aliphatic heterocycles. The van der Waals surface area contributed by atoms with Gasteiger partial charge in [0.1, 0.15) is 0 Å². The van der Waals surface area contributed by atoms with Gasteiger partial charge in [-0.25, -0.2) is 0 Å². The third kappa shape index (κ3) is 6.39. The molecule has 3 rings (SSSR count). The minimum atomic E-state index is -0.993. The zero-order chi connectivity index (χ0) is 20.5. The normalized spacial score (nSPS) is 21.7. The van der Waals surface area contributed by atoms with Gasteiger partial charge in [-0.3, -0.25) is 14.1 Å². The van der Waals surface area contributed by atoms with Crippen LogP contribution < -0.4 is 10.6 Å². The second-order valence-corrected chi connectivity index (χ2v) is 9.90. The highest BCUT2D eigenvalue weighted by atomic mass is 32.2. The van der Waals surface area contributed by atoms with Gasteiger partial charge in [0.15, 0.2) is 5.96 Å². The van der Waals surface area contributed by atoms with Crippen LogP contribution in [0.15, 0.2) is 57.7 Å². The molecule has 0 aliphatic carbocycles. The quantitative estimate of drug-likeness (QED) is 0.495. The van der Waals surface area contributed by atoms with E-state index in [9.17, 15) is 4.21 Å². The molecule has 0 saturated carbocycles. The average Bonchev–Trinajstić information content (AvgIpc) is 3.27. The first-order chi connectivity index (χ1) is 14.2. The van der Waals surface area contributed by atoms with Gasteiger partial charge in [-0.15, -0.1) is 11.3 Å². The molecule has 1 saturated heterocycles. The lowest BCUT2D eigenvalue weighted by Gasteiger charge is -2.38. The Bertz CT molecular complexity index is 779. The van der Waals surface area contributed by atoms with Crippen molar-refractivity contribution in [2.24, 2.45) is 10.9 Å². The number of likely N-dealkylation sites (tertiary alicyclic amines) is 1. The fourth-order valence-electron chi connectivity index (χ4n) is 3.86. The second kappa shape index (κ2) is 11.5. The van der Waals surface area contributed by atoms with Gasteiger partial charge in [-0.2, -0.15) is 0 Å². The lowest BCUT2D eigenvalue weighted by Crippen LogP contribution is -2.41. The fourth-order valence-corrected chi connectivity index (χ4v) is 5.83. The standard InChI is InChI=1S/C22H32N4OS2/c1-3-23-22(24-13-16-29(27)19-10-5-4-6-11-19)25-17-18-9-7-14-26(2)21(18)20-12-8-15-28-20/h4-6,8,10-12,15,18,21H,3,7,9,13-14,16-17H2,1-2H3,(H2,23,24,25). The van der Waals surface area contributed by atoms with Crippen LogP contribution in [0.25, 0.3) is 0 Å². The molecule has 2 aromatic rings. The SMILES string of the molecule is CCNC(=NCC1CCCN(C)C1c1cccs1)NCCS(=O)c1ccccc1. The predicted molar refractivity (Wildman–Crippen MR) is 124 cm³/mol. The number of nitrogens with one attached hydrogen (secondary N) is 2. The first-order valence-corrected chi connectivity index (χ1v) is 12.6. The summed E-state index contributed by atoms with van der Waals surface area (Å²) in [5.41, 5.74) is 0. The maximum absolute atomic E-state index is 12.4. The van der Waals surface area contributed by atoms with E-state index in [0.717, 1.165) is 30.5 Å². The van der Waals surface area contributed by atoms with E-state index in [1.54, 1.807) is 0 Å². The van der Waals surface area contributed by atoms with E-state index in [1.165, 1.54) is 17.7 Å². The summed E-state index contributed by atoms with van der Waals surface area (Å²) in [6.45, 7) is 5.46. The smallest absolute Gasteiger partial charge is 0.191 e. The van der Waals surface area contributed by atoms with E-state index in [2.05, 4.69) is 47.0 Å². The maximum Gasteiger partial charge on any atom is 0.191 e. The fraction of sp³-hybridized carbons (Fsp3) is 0.500. The summed E-state index contributed by atoms with van der Waals surface area (Å²) in [6, 6.07) is 14.5. The third-order valence-corrected chi connectivity index (χ3v) is 7.57. The number of guanidine groups is 1. The Balaban J connectivity index is 1.57. The number of nitrogens with zero attached hydrogens (tertiary/aromatic N) is 2. The van der Waals surface area contributed by atoms with Gasteiger partial charge in [0.2, 0.25) is 0 Å². The summed E-state index contributed by atoms with van der Waals surface area (Å²) in [6.07, 6.45) is 2.42. The molecule has 158 valence electrons. The zero-order valence-electron chi connectivity index (χ0n) is 17.3. The molecule has 2 heterocycles. The van der Waals surface area contributed by atoms with Gasteiger partial charge in [-0.1, -0.05) is 24.3 Å². The molecule has 1 aromatic carbocycles. The predicted octanol–water partition coefficient (Wildman–Crippen LogP) is 3.49. The molecule has 7 heteroatoms. The monoisotopic (exact) mass is 432 g/mol. The summed E-state index contributed by atoms with van der Waals surface area (Å²) in [5, 5.41) is 8.85. The number of rotatable bonds is 8. The number of aliphatic imine (C=N–C) groups is 1. The Hall–Kier alpha value is -1.70. The van der Waals surface area contributed by atoms with Crippen molar-refractivity contribution in [3.63, 3.8) is 0 Å². The Labute approximate surface area is 181 Å². The number of benzene rings is 1. The number of piperidine rings is 1. The summed E-state index contributed by atoms with van der Waals surface area (Å²) < 4.78 is 12.4. The summed E-state index contributed by atoms with van der Waals surface area (Å²) in [7, 11) is 1.23. The van der Waals surface area contributed by atoms with Crippen molar-refractivity contribution in [1.29, 1.82) is 0 Å². The molecule has 0 bridgehead atoms. The Morgan fingerprint density at radius 2 is 2.07 bits per heavy atom. The number of hydrogen-bond donors (Lipinski definition) is 2. The van der Waals surface area contributed by atoms with Crippen molar-refractivity contribution in [1.82, 2.24) is 15.5 Å². The molecule has 0 spiro atoms. The van der Waals surface area contributed by atoms with Crippen LogP contribution in [0.1, 0.15) is 30.7 Å².